The number of benzene rings is 2. The zero-order chi connectivity index (χ0) is 29.6. The van der Waals surface area contributed by atoms with E-state index < -0.39 is 0 Å². The fourth-order valence-electron chi connectivity index (χ4n) is 5.63. The van der Waals surface area contributed by atoms with Gasteiger partial charge in [0.1, 0.15) is 11.6 Å². The SMILES string of the molecule is COC(=O)c1ccc2nc(CN3CCC(C)CC3)[nH]c2c1.COC(=O)c1ccc2nc(CN3CCC(C)CC3)[nH]c2c1. The number of aromatic amines is 2. The molecular formula is C32H42N6O4. The number of fused-ring (bicyclic) bond motifs is 2. The molecule has 224 valence electrons. The van der Waals surface area contributed by atoms with Crippen molar-refractivity contribution < 1.29 is 19.1 Å². The van der Waals surface area contributed by atoms with E-state index in [0.29, 0.717) is 11.1 Å². The van der Waals surface area contributed by atoms with Crippen LogP contribution < -0.4 is 0 Å². The first-order valence-electron chi connectivity index (χ1n) is 14.9. The van der Waals surface area contributed by atoms with Gasteiger partial charge in [0.25, 0.3) is 0 Å². The number of rotatable bonds is 6. The van der Waals surface area contributed by atoms with Gasteiger partial charge in [0.05, 0.1) is 60.5 Å². The Morgan fingerprint density at radius 1 is 0.714 bits per heavy atom. The maximum Gasteiger partial charge on any atom is 0.337 e. The summed E-state index contributed by atoms with van der Waals surface area (Å²) in [6.45, 7) is 10.8. The van der Waals surface area contributed by atoms with Gasteiger partial charge in [-0.05, 0) is 100 Å². The Labute approximate surface area is 246 Å². The van der Waals surface area contributed by atoms with Crippen LogP contribution in [0.15, 0.2) is 36.4 Å². The van der Waals surface area contributed by atoms with E-state index in [1.807, 2.05) is 12.1 Å². The Morgan fingerprint density at radius 3 is 1.45 bits per heavy atom. The number of ether oxygens (including phenoxy) is 2. The Morgan fingerprint density at radius 2 is 1.10 bits per heavy atom. The number of imidazole rings is 2. The third-order valence-electron chi connectivity index (χ3n) is 8.40. The van der Waals surface area contributed by atoms with Gasteiger partial charge >= 0.3 is 11.9 Å². The predicted molar refractivity (Wildman–Crippen MR) is 162 cm³/mol. The molecule has 0 bridgehead atoms. The van der Waals surface area contributed by atoms with E-state index in [4.69, 9.17) is 9.47 Å². The standard InChI is InChI=1S/2C16H21N3O2/c2*1-11-5-7-19(8-6-11)10-15-17-13-4-3-12(16(20)21-2)9-14(13)18-15/h2*3-4,9,11H,5-8,10H2,1-2H3,(H,17,18). The van der Waals surface area contributed by atoms with E-state index in [-0.39, 0.29) is 11.9 Å². The maximum absolute atomic E-state index is 11.5. The summed E-state index contributed by atoms with van der Waals surface area (Å²) in [5.41, 5.74) is 4.65. The summed E-state index contributed by atoms with van der Waals surface area (Å²) in [7, 11) is 2.78. The maximum atomic E-state index is 11.5. The number of carbonyl (C=O) groups is 2. The van der Waals surface area contributed by atoms with Crippen molar-refractivity contribution in [2.24, 2.45) is 11.8 Å². The van der Waals surface area contributed by atoms with Crippen LogP contribution in [0.25, 0.3) is 22.1 Å². The van der Waals surface area contributed by atoms with Crippen LogP contribution in [0, 0.1) is 11.8 Å². The zero-order valence-corrected chi connectivity index (χ0v) is 25.1. The lowest BCUT2D eigenvalue weighted by Crippen LogP contribution is -2.32. The van der Waals surface area contributed by atoms with Gasteiger partial charge in [0.15, 0.2) is 0 Å². The Kier molecular flexibility index (Phi) is 9.54. The summed E-state index contributed by atoms with van der Waals surface area (Å²) >= 11 is 0. The van der Waals surface area contributed by atoms with Crippen LogP contribution in [0.3, 0.4) is 0 Å². The van der Waals surface area contributed by atoms with Crippen LogP contribution in [-0.2, 0) is 22.6 Å². The van der Waals surface area contributed by atoms with E-state index in [1.165, 1.54) is 39.9 Å². The second kappa shape index (κ2) is 13.5. The summed E-state index contributed by atoms with van der Waals surface area (Å²) in [6.07, 6.45) is 5.03. The van der Waals surface area contributed by atoms with Gasteiger partial charge in [0.2, 0.25) is 0 Å². The van der Waals surface area contributed by atoms with Crippen molar-refractivity contribution in [2.45, 2.75) is 52.6 Å². The molecule has 2 N–H and O–H groups in total. The van der Waals surface area contributed by atoms with Crippen molar-refractivity contribution in [2.75, 3.05) is 40.4 Å². The monoisotopic (exact) mass is 574 g/mol. The van der Waals surface area contributed by atoms with Crippen LogP contribution >= 0.6 is 0 Å². The number of methoxy groups -OCH3 is 2. The number of nitrogens with zero attached hydrogens (tertiary/aromatic N) is 4. The Bertz CT molecular complexity index is 1400. The lowest BCUT2D eigenvalue weighted by atomic mass is 9.99. The lowest BCUT2D eigenvalue weighted by Gasteiger charge is -2.29. The molecular weight excluding hydrogens is 532 g/mol. The summed E-state index contributed by atoms with van der Waals surface area (Å²) < 4.78 is 9.48. The molecule has 2 aliphatic rings. The molecule has 0 amide bonds. The summed E-state index contributed by atoms with van der Waals surface area (Å²) in [4.78, 5) is 43.8. The molecule has 0 aliphatic carbocycles. The van der Waals surface area contributed by atoms with Crippen molar-refractivity contribution in [1.82, 2.24) is 29.7 Å². The van der Waals surface area contributed by atoms with Gasteiger partial charge < -0.3 is 19.4 Å². The molecule has 0 atom stereocenters. The molecule has 4 aromatic rings. The number of nitrogens with one attached hydrogen (secondary N) is 2. The van der Waals surface area contributed by atoms with Crippen LogP contribution in [0.5, 0.6) is 0 Å². The number of hydrogen-bond acceptors (Lipinski definition) is 8. The molecule has 2 saturated heterocycles. The minimum Gasteiger partial charge on any atom is -0.465 e. The number of esters is 2. The lowest BCUT2D eigenvalue weighted by molar-refractivity contribution is 0.0592. The molecule has 6 rings (SSSR count). The van der Waals surface area contributed by atoms with Gasteiger partial charge in [-0.1, -0.05) is 13.8 Å². The minimum atomic E-state index is -0.321. The molecule has 10 nitrogen and oxygen atoms in total. The van der Waals surface area contributed by atoms with Crippen molar-refractivity contribution in [3.05, 3.63) is 59.2 Å². The Balaban J connectivity index is 0.000000168. The van der Waals surface area contributed by atoms with E-state index in [9.17, 15) is 9.59 Å². The fraction of sp³-hybridized carbons (Fsp3) is 0.500. The molecule has 2 aromatic carbocycles. The van der Waals surface area contributed by atoms with Gasteiger partial charge in [0, 0.05) is 0 Å². The van der Waals surface area contributed by atoms with Crippen LogP contribution in [-0.4, -0.2) is 82.1 Å². The first-order chi connectivity index (χ1) is 20.3. The van der Waals surface area contributed by atoms with E-state index in [2.05, 4.69) is 43.6 Å². The fourth-order valence-corrected chi connectivity index (χ4v) is 5.63. The molecule has 0 unspecified atom stereocenters. The van der Waals surface area contributed by atoms with Crippen molar-refractivity contribution in [3.63, 3.8) is 0 Å². The Hall–Kier alpha value is -3.76. The number of piperidine rings is 2. The molecule has 0 saturated carbocycles. The van der Waals surface area contributed by atoms with E-state index >= 15 is 0 Å². The van der Waals surface area contributed by atoms with Gasteiger partial charge in [-0.15, -0.1) is 0 Å². The van der Waals surface area contributed by atoms with E-state index in [0.717, 1.165) is 84.8 Å². The summed E-state index contributed by atoms with van der Waals surface area (Å²) in [5.74, 6) is 2.94. The third kappa shape index (κ3) is 7.35. The van der Waals surface area contributed by atoms with Crippen molar-refractivity contribution >= 4 is 34.0 Å². The summed E-state index contributed by atoms with van der Waals surface area (Å²) in [5, 5.41) is 0. The number of carbonyl (C=O) groups excluding carboxylic acids is 2. The third-order valence-corrected chi connectivity index (χ3v) is 8.40. The van der Waals surface area contributed by atoms with Crippen LogP contribution in [0.4, 0.5) is 0 Å². The average Bonchev–Trinajstić information content (AvgIpc) is 3.60. The number of hydrogen-bond donors (Lipinski definition) is 2. The largest absolute Gasteiger partial charge is 0.465 e. The molecule has 0 radical (unpaired) electrons. The highest BCUT2D eigenvalue weighted by atomic mass is 16.5. The molecule has 2 fully saturated rings. The molecule has 42 heavy (non-hydrogen) atoms. The second-order valence-electron chi connectivity index (χ2n) is 11.7. The highest BCUT2D eigenvalue weighted by Gasteiger charge is 2.19. The topological polar surface area (TPSA) is 116 Å². The van der Waals surface area contributed by atoms with Crippen molar-refractivity contribution in [1.29, 1.82) is 0 Å². The average molecular weight is 575 g/mol. The quantitative estimate of drug-likeness (QED) is 0.303. The van der Waals surface area contributed by atoms with Gasteiger partial charge in [-0.2, -0.15) is 0 Å². The molecule has 2 aliphatic heterocycles. The van der Waals surface area contributed by atoms with Crippen LogP contribution in [0.2, 0.25) is 0 Å². The summed E-state index contributed by atoms with van der Waals surface area (Å²) in [6, 6.07) is 10.8. The molecule has 0 spiro atoms. The minimum absolute atomic E-state index is 0.321. The molecule has 10 heteroatoms. The normalized spacial score (nSPS) is 17.2. The number of H-pyrrole nitrogens is 2. The highest BCUT2D eigenvalue weighted by molar-refractivity contribution is 5.94. The highest BCUT2D eigenvalue weighted by Crippen LogP contribution is 2.21. The van der Waals surface area contributed by atoms with E-state index in [1.54, 1.807) is 24.3 Å². The van der Waals surface area contributed by atoms with Crippen molar-refractivity contribution in [3.8, 4) is 0 Å². The first-order valence-corrected chi connectivity index (χ1v) is 14.9. The first kappa shape index (κ1) is 29.7. The number of likely N-dealkylation sites (tertiary alicyclic amines) is 2. The van der Waals surface area contributed by atoms with Gasteiger partial charge in [-0.3, -0.25) is 9.80 Å². The molecule has 2 aromatic heterocycles. The van der Waals surface area contributed by atoms with Crippen LogP contribution in [0.1, 0.15) is 71.9 Å². The van der Waals surface area contributed by atoms with Gasteiger partial charge in [-0.25, -0.2) is 19.6 Å². The predicted octanol–water partition coefficient (Wildman–Crippen LogP) is 5.16. The number of aromatic nitrogens is 4. The molecule has 4 heterocycles. The second-order valence-corrected chi connectivity index (χ2v) is 11.7. The smallest absolute Gasteiger partial charge is 0.337 e. The zero-order valence-electron chi connectivity index (χ0n) is 25.1.